The number of aromatic nitrogens is 3. The molecule has 98 valence electrons. The normalized spacial score (nSPS) is 18.2. The number of carbonyl (C=O) groups is 1. The average molecular weight is 260 g/mol. The van der Waals surface area contributed by atoms with Crippen LogP contribution >= 0.6 is 0 Å². The van der Waals surface area contributed by atoms with Gasteiger partial charge in [0.15, 0.2) is 11.6 Å². The molecule has 1 amide bonds. The van der Waals surface area contributed by atoms with E-state index in [4.69, 9.17) is 0 Å². The lowest BCUT2D eigenvalue weighted by atomic mass is 10.2. The lowest BCUT2D eigenvalue weighted by Crippen LogP contribution is -2.40. The van der Waals surface area contributed by atoms with Crippen molar-refractivity contribution in [2.24, 2.45) is 0 Å². The molecule has 0 radical (unpaired) electrons. The molecule has 1 atom stereocenters. The first-order valence-electron chi connectivity index (χ1n) is 6.08. The first-order valence-corrected chi connectivity index (χ1v) is 6.08. The summed E-state index contributed by atoms with van der Waals surface area (Å²) in [6.45, 7) is 3.08. The minimum atomic E-state index is -0.275. The fourth-order valence-corrected chi connectivity index (χ4v) is 2.29. The number of nitrogens with zero attached hydrogens (tertiary/aromatic N) is 4. The molecule has 0 bridgehead atoms. The van der Waals surface area contributed by atoms with Crippen molar-refractivity contribution in [1.29, 1.82) is 0 Å². The van der Waals surface area contributed by atoms with Crippen LogP contribution in [-0.4, -0.2) is 32.1 Å². The van der Waals surface area contributed by atoms with E-state index < -0.39 is 0 Å². The van der Waals surface area contributed by atoms with Crippen molar-refractivity contribution in [2.45, 2.75) is 26.1 Å². The SMILES string of the molecule is CC1Cn2c(nnc2-c2ccc(F)cc2)CN1C=O. The van der Waals surface area contributed by atoms with Gasteiger partial charge in [0.25, 0.3) is 0 Å². The minimum absolute atomic E-state index is 0.0974. The maximum absolute atomic E-state index is 12.9. The predicted molar refractivity (Wildman–Crippen MR) is 66.5 cm³/mol. The van der Waals surface area contributed by atoms with Crippen LogP contribution in [0.3, 0.4) is 0 Å². The monoisotopic (exact) mass is 260 g/mol. The molecule has 3 rings (SSSR count). The Morgan fingerprint density at radius 3 is 2.74 bits per heavy atom. The van der Waals surface area contributed by atoms with Crippen LogP contribution in [-0.2, 0) is 17.9 Å². The van der Waals surface area contributed by atoms with E-state index in [1.54, 1.807) is 17.0 Å². The number of hydrogen-bond donors (Lipinski definition) is 0. The Morgan fingerprint density at radius 2 is 2.05 bits per heavy atom. The summed E-state index contributed by atoms with van der Waals surface area (Å²) in [5, 5.41) is 8.26. The van der Waals surface area contributed by atoms with E-state index in [1.807, 2.05) is 11.5 Å². The van der Waals surface area contributed by atoms with E-state index in [0.29, 0.717) is 18.9 Å². The number of carbonyl (C=O) groups excluding carboxylic acids is 1. The largest absolute Gasteiger partial charge is 0.333 e. The molecule has 1 aliphatic rings. The van der Waals surface area contributed by atoms with Crippen LogP contribution in [0, 0.1) is 5.82 Å². The highest BCUT2D eigenvalue weighted by Crippen LogP contribution is 2.23. The highest BCUT2D eigenvalue weighted by atomic mass is 19.1. The van der Waals surface area contributed by atoms with Crippen LogP contribution < -0.4 is 0 Å². The number of rotatable bonds is 2. The standard InChI is InChI=1S/C13H13FN4O/c1-9-6-18-12(7-17(9)8-19)15-16-13(18)10-2-4-11(14)5-3-10/h2-5,8-9H,6-7H2,1H3. The Labute approximate surface area is 109 Å². The van der Waals surface area contributed by atoms with Gasteiger partial charge >= 0.3 is 0 Å². The third kappa shape index (κ3) is 1.99. The molecule has 2 aromatic rings. The Morgan fingerprint density at radius 1 is 1.32 bits per heavy atom. The van der Waals surface area contributed by atoms with Crippen LogP contribution in [0.2, 0.25) is 0 Å². The summed E-state index contributed by atoms with van der Waals surface area (Å²) in [4.78, 5) is 12.6. The van der Waals surface area contributed by atoms with Crippen LogP contribution in [0.4, 0.5) is 4.39 Å². The average Bonchev–Trinajstić information content (AvgIpc) is 2.81. The second-order valence-corrected chi connectivity index (χ2v) is 4.68. The zero-order valence-electron chi connectivity index (χ0n) is 10.5. The number of fused-ring (bicyclic) bond motifs is 1. The highest BCUT2D eigenvalue weighted by Gasteiger charge is 2.25. The molecule has 1 aromatic carbocycles. The molecule has 1 aliphatic heterocycles. The fourth-order valence-electron chi connectivity index (χ4n) is 2.29. The summed E-state index contributed by atoms with van der Waals surface area (Å²) in [6.07, 6.45) is 0.834. The van der Waals surface area contributed by atoms with Crippen molar-refractivity contribution in [3.05, 3.63) is 35.9 Å². The number of amides is 1. The summed E-state index contributed by atoms with van der Waals surface area (Å²) < 4.78 is 14.9. The van der Waals surface area contributed by atoms with E-state index in [0.717, 1.165) is 17.8 Å². The third-order valence-corrected chi connectivity index (χ3v) is 3.40. The second kappa shape index (κ2) is 4.46. The molecule has 19 heavy (non-hydrogen) atoms. The molecule has 5 nitrogen and oxygen atoms in total. The summed E-state index contributed by atoms with van der Waals surface area (Å²) >= 11 is 0. The van der Waals surface area contributed by atoms with Crippen molar-refractivity contribution in [3.8, 4) is 11.4 Å². The van der Waals surface area contributed by atoms with Gasteiger partial charge in [-0.05, 0) is 31.2 Å². The highest BCUT2D eigenvalue weighted by molar-refractivity contribution is 5.56. The zero-order chi connectivity index (χ0) is 13.4. The van der Waals surface area contributed by atoms with Gasteiger partial charge in [-0.2, -0.15) is 0 Å². The van der Waals surface area contributed by atoms with Gasteiger partial charge in [-0.1, -0.05) is 0 Å². The van der Waals surface area contributed by atoms with Gasteiger partial charge in [0.2, 0.25) is 6.41 Å². The summed E-state index contributed by atoms with van der Waals surface area (Å²) in [5.74, 6) is 1.19. The fraction of sp³-hybridized carbons (Fsp3) is 0.308. The van der Waals surface area contributed by atoms with Crippen LogP contribution in [0.15, 0.2) is 24.3 Å². The van der Waals surface area contributed by atoms with Gasteiger partial charge in [0, 0.05) is 18.2 Å². The van der Waals surface area contributed by atoms with E-state index in [1.165, 1.54) is 12.1 Å². The molecule has 0 N–H and O–H groups in total. The van der Waals surface area contributed by atoms with Crippen molar-refractivity contribution < 1.29 is 9.18 Å². The number of hydrogen-bond acceptors (Lipinski definition) is 3. The Balaban J connectivity index is 2.00. The molecule has 1 aromatic heterocycles. The molecular formula is C13H13FN4O. The van der Waals surface area contributed by atoms with Gasteiger partial charge in [-0.3, -0.25) is 4.79 Å². The number of halogens is 1. The summed E-state index contributed by atoms with van der Waals surface area (Å²) in [7, 11) is 0. The first-order chi connectivity index (χ1) is 9.19. The maximum Gasteiger partial charge on any atom is 0.210 e. The van der Waals surface area contributed by atoms with Crippen LogP contribution in [0.1, 0.15) is 12.7 Å². The quantitative estimate of drug-likeness (QED) is 0.768. The predicted octanol–water partition coefficient (Wildman–Crippen LogP) is 1.44. The topological polar surface area (TPSA) is 51.0 Å². The summed E-state index contributed by atoms with van der Waals surface area (Å²) in [5.41, 5.74) is 0.826. The third-order valence-electron chi connectivity index (χ3n) is 3.40. The first kappa shape index (κ1) is 11.8. The van der Waals surface area contributed by atoms with Crippen LogP contribution in [0.5, 0.6) is 0 Å². The summed E-state index contributed by atoms with van der Waals surface area (Å²) in [6, 6.07) is 6.27. The molecule has 1 unspecified atom stereocenters. The molecular weight excluding hydrogens is 247 g/mol. The van der Waals surface area contributed by atoms with Crippen molar-refractivity contribution in [1.82, 2.24) is 19.7 Å². The second-order valence-electron chi connectivity index (χ2n) is 4.68. The number of benzene rings is 1. The zero-order valence-corrected chi connectivity index (χ0v) is 10.5. The molecule has 0 saturated heterocycles. The van der Waals surface area contributed by atoms with Gasteiger partial charge in [0.1, 0.15) is 5.82 Å². The van der Waals surface area contributed by atoms with Gasteiger partial charge in [-0.15, -0.1) is 10.2 Å². The Kier molecular flexibility index (Phi) is 2.77. The maximum atomic E-state index is 12.9. The minimum Gasteiger partial charge on any atom is -0.333 e. The van der Waals surface area contributed by atoms with Gasteiger partial charge in [-0.25, -0.2) is 4.39 Å². The molecule has 0 aliphatic carbocycles. The molecule has 2 heterocycles. The Bertz CT molecular complexity index is 608. The smallest absolute Gasteiger partial charge is 0.210 e. The molecule has 6 heteroatoms. The van der Waals surface area contributed by atoms with E-state index >= 15 is 0 Å². The van der Waals surface area contributed by atoms with Crippen molar-refractivity contribution in [2.75, 3.05) is 0 Å². The van der Waals surface area contributed by atoms with Crippen molar-refractivity contribution in [3.63, 3.8) is 0 Å². The van der Waals surface area contributed by atoms with Gasteiger partial charge in [0.05, 0.1) is 6.54 Å². The van der Waals surface area contributed by atoms with E-state index in [2.05, 4.69) is 10.2 Å². The lowest BCUT2D eigenvalue weighted by Gasteiger charge is -2.30. The van der Waals surface area contributed by atoms with E-state index in [-0.39, 0.29) is 11.9 Å². The Hall–Kier alpha value is -2.24. The molecule has 0 spiro atoms. The molecule has 0 saturated carbocycles. The van der Waals surface area contributed by atoms with Crippen molar-refractivity contribution >= 4 is 6.41 Å². The lowest BCUT2D eigenvalue weighted by molar-refractivity contribution is -0.121. The van der Waals surface area contributed by atoms with E-state index in [9.17, 15) is 9.18 Å². The molecule has 0 fully saturated rings. The van der Waals surface area contributed by atoms with Gasteiger partial charge < -0.3 is 9.47 Å². The van der Waals surface area contributed by atoms with Crippen LogP contribution in [0.25, 0.3) is 11.4 Å².